The highest BCUT2D eigenvalue weighted by molar-refractivity contribution is 6.03. The number of benzene rings is 1. The molecule has 22 heavy (non-hydrogen) atoms. The van der Waals surface area contributed by atoms with Crippen LogP contribution in [0.25, 0.3) is 0 Å². The van der Waals surface area contributed by atoms with Gasteiger partial charge in [0.2, 0.25) is 11.8 Å². The van der Waals surface area contributed by atoms with E-state index in [1.807, 2.05) is 0 Å². The predicted octanol–water partition coefficient (Wildman–Crippen LogP) is 0.845. The fourth-order valence-corrected chi connectivity index (χ4v) is 1.30. The van der Waals surface area contributed by atoms with Gasteiger partial charge in [-0.2, -0.15) is 0 Å². The molecule has 114 valence electrons. The molecule has 0 heterocycles. The predicted molar refractivity (Wildman–Crippen MR) is 77.3 cm³/mol. The summed E-state index contributed by atoms with van der Waals surface area (Å²) in [6, 6.07) is 5.96. The van der Waals surface area contributed by atoms with Gasteiger partial charge in [0, 0.05) is 35.7 Å². The summed E-state index contributed by atoms with van der Waals surface area (Å²) in [5.74, 6) is -3.68. The SMILES string of the molecule is O=C(O)C=CC(=O)Nc1ccc(NC(=O)C=CC(=O)O)cc1. The number of hydrogen-bond acceptors (Lipinski definition) is 4. The van der Waals surface area contributed by atoms with E-state index in [4.69, 9.17) is 10.2 Å². The molecule has 0 radical (unpaired) electrons. The zero-order chi connectivity index (χ0) is 16.5. The molecule has 4 N–H and O–H groups in total. The van der Waals surface area contributed by atoms with E-state index in [-0.39, 0.29) is 0 Å². The van der Waals surface area contributed by atoms with Crippen molar-refractivity contribution < 1.29 is 29.4 Å². The lowest BCUT2D eigenvalue weighted by atomic mass is 10.2. The first kappa shape index (κ1) is 16.6. The van der Waals surface area contributed by atoms with Crippen LogP contribution < -0.4 is 10.6 Å². The monoisotopic (exact) mass is 304 g/mol. The molecule has 0 saturated heterocycles. The quantitative estimate of drug-likeness (QED) is 0.576. The van der Waals surface area contributed by atoms with Crippen LogP contribution in [0, 0.1) is 0 Å². The van der Waals surface area contributed by atoms with Crippen LogP contribution in [-0.4, -0.2) is 34.0 Å². The lowest BCUT2D eigenvalue weighted by Crippen LogP contribution is -2.10. The Morgan fingerprint density at radius 1 is 0.682 bits per heavy atom. The third-order valence-corrected chi connectivity index (χ3v) is 2.17. The van der Waals surface area contributed by atoms with Crippen molar-refractivity contribution in [2.24, 2.45) is 0 Å². The number of carbonyl (C=O) groups is 4. The highest BCUT2D eigenvalue weighted by Gasteiger charge is 2.01. The normalized spacial score (nSPS) is 10.5. The summed E-state index contributed by atoms with van der Waals surface area (Å²) in [5.41, 5.74) is 0.804. The van der Waals surface area contributed by atoms with Crippen LogP contribution in [0.5, 0.6) is 0 Å². The van der Waals surface area contributed by atoms with Crippen LogP contribution in [0.3, 0.4) is 0 Å². The van der Waals surface area contributed by atoms with Crippen molar-refractivity contribution in [2.45, 2.75) is 0 Å². The van der Waals surface area contributed by atoms with Gasteiger partial charge in [-0.15, -0.1) is 0 Å². The summed E-state index contributed by atoms with van der Waals surface area (Å²) in [6.07, 6.45) is 3.15. The summed E-state index contributed by atoms with van der Waals surface area (Å²) in [4.78, 5) is 43.2. The summed E-state index contributed by atoms with van der Waals surface area (Å²) < 4.78 is 0. The van der Waals surface area contributed by atoms with Crippen LogP contribution in [0.2, 0.25) is 0 Å². The van der Waals surface area contributed by atoms with Gasteiger partial charge < -0.3 is 20.8 Å². The first-order chi connectivity index (χ1) is 10.4. The number of carbonyl (C=O) groups excluding carboxylic acids is 2. The van der Waals surface area contributed by atoms with Gasteiger partial charge in [-0.1, -0.05) is 0 Å². The molecule has 1 aromatic rings. The lowest BCUT2D eigenvalue weighted by molar-refractivity contribution is -0.132. The van der Waals surface area contributed by atoms with Crippen molar-refractivity contribution in [3.8, 4) is 0 Å². The van der Waals surface area contributed by atoms with Gasteiger partial charge in [-0.25, -0.2) is 9.59 Å². The lowest BCUT2D eigenvalue weighted by Gasteiger charge is -2.05. The molecule has 0 fully saturated rings. The molecular formula is C14H12N2O6. The molecule has 0 atom stereocenters. The molecule has 0 aliphatic carbocycles. The third kappa shape index (κ3) is 6.66. The van der Waals surface area contributed by atoms with Gasteiger partial charge in [0.1, 0.15) is 0 Å². The molecule has 0 aromatic heterocycles. The second kappa shape index (κ2) is 8.00. The number of carboxylic acid groups (broad SMARTS) is 2. The number of nitrogens with one attached hydrogen (secondary N) is 2. The van der Waals surface area contributed by atoms with Gasteiger partial charge in [0.15, 0.2) is 0 Å². The Morgan fingerprint density at radius 3 is 1.27 bits per heavy atom. The van der Waals surface area contributed by atoms with Crippen molar-refractivity contribution in [1.82, 2.24) is 0 Å². The molecule has 8 heteroatoms. The fourth-order valence-electron chi connectivity index (χ4n) is 1.30. The Morgan fingerprint density at radius 2 is 1.00 bits per heavy atom. The number of rotatable bonds is 6. The molecule has 0 bridgehead atoms. The molecule has 2 amide bonds. The molecule has 0 unspecified atom stereocenters. The van der Waals surface area contributed by atoms with Crippen LogP contribution >= 0.6 is 0 Å². The van der Waals surface area contributed by atoms with E-state index in [0.29, 0.717) is 23.5 Å². The van der Waals surface area contributed by atoms with E-state index in [1.54, 1.807) is 0 Å². The maximum atomic E-state index is 11.3. The average Bonchev–Trinajstić information content (AvgIpc) is 2.45. The Hall–Kier alpha value is -3.42. The summed E-state index contributed by atoms with van der Waals surface area (Å²) in [7, 11) is 0. The highest BCUT2D eigenvalue weighted by Crippen LogP contribution is 2.13. The number of hydrogen-bond donors (Lipinski definition) is 4. The van der Waals surface area contributed by atoms with E-state index in [1.165, 1.54) is 24.3 Å². The zero-order valence-electron chi connectivity index (χ0n) is 11.1. The first-order valence-corrected chi connectivity index (χ1v) is 5.91. The minimum Gasteiger partial charge on any atom is -0.478 e. The second-order valence-corrected chi connectivity index (χ2v) is 3.90. The van der Waals surface area contributed by atoms with E-state index < -0.39 is 23.8 Å². The van der Waals surface area contributed by atoms with Crippen molar-refractivity contribution in [2.75, 3.05) is 10.6 Å². The van der Waals surface area contributed by atoms with E-state index in [9.17, 15) is 19.2 Å². The summed E-state index contributed by atoms with van der Waals surface area (Å²) >= 11 is 0. The molecule has 1 aromatic carbocycles. The number of amides is 2. The molecule has 0 aliphatic rings. The van der Waals surface area contributed by atoms with Crippen molar-refractivity contribution >= 4 is 35.1 Å². The number of aliphatic carboxylic acids is 2. The van der Waals surface area contributed by atoms with E-state index in [2.05, 4.69) is 10.6 Å². The summed E-state index contributed by atoms with van der Waals surface area (Å²) in [6.45, 7) is 0. The number of carboxylic acids is 2. The minimum atomic E-state index is -1.23. The molecule has 0 saturated carbocycles. The maximum Gasteiger partial charge on any atom is 0.328 e. The molecule has 0 aliphatic heterocycles. The second-order valence-electron chi connectivity index (χ2n) is 3.90. The Bertz CT molecular complexity index is 589. The molecule has 1 rings (SSSR count). The highest BCUT2D eigenvalue weighted by atomic mass is 16.4. The average molecular weight is 304 g/mol. The van der Waals surface area contributed by atoms with Gasteiger partial charge in [-0.3, -0.25) is 9.59 Å². The van der Waals surface area contributed by atoms with Crippen LogP contribution in [-0.2, 0) is 19.2 Å². The van der Waals surface area contributed by atoms with Crippen molar-refractivity contribution in [1.29, 1.82) is 0 Å². The van der Waals surface area contributed by atoms with Crippen LogP contribution in [0.1, 0.15) is 0 Å². The fraction of sp³-hybridized carbons (Fsp3) is 0. The zero-order valence-corrected chi connectivity index (χ0v) is 11.1. The van der Waals surface area contributed by atoms with Gasteiger partial charge >= 0.3 is 11.9 Å². The largest absolute Gasteiger partial charge is 0.478 e. The van der Waals surface area contributed by atoms with Gasteiger partial charge in [0.25, 0.3) is 0 Å². The standard InChI is InChI=1S/C14H12N2O6/c17-11(5-7-13(19)20)15-9-1-2-10(4-3-9)16-12(18)6-8-14(21)22/h1-8H,(H,15,17)(H,16,18)(H,19,20)(H,21,22). The minimum absolute atomic E-state index is 0.402. The van der Waals surface area contributed by atoms with Crippen molar-refractivity contribution in [3.63, 3.8) is 0 Å². The van der Waals surface area contributed by atoms with Crippen molar-refractivity contribution in [3.05, 3.63) is 48.6 Å². The molecular weight excluding hydrogens is 292 g/mol. The third-order valence-electron chi connectivity index (χ3n) is 2.17. The smallest absolute Gasteiger partial charge is 0.328 e. The van der Waals surface area contributed by atoms with Gasteiger partial charge in [-0.05, 0) is 24.3 Å². The van der Waals surface area contributed by atoms with E-state index >= 15 is 0 Å². The Balaban J connectivity index is 2.59. The number of anilines is 2. The maximum absolute atomic E-state index is 11.3. The molecule has 0 spiro atoms. The van der Waals surface area contributed by atoms with E-state index in [0.717, 1.165) is 12.2 Å². The van der Waals surface area contributed by atoms with Crippen LogP contribution in [0.15, 0.2) is 48.6 Å². The van der Waals surface area contributed by atoms with Crippen LogP contribution in [0.4, 0.5) is 11.4 Å². The summed E-state index contributed by atoms with van der Waals surface area (Å²) in [5, 5.41) is 21.6. The van der Waals surface area contributed by atoms with Gasteiger partial charge in [0.05, 0.1) is 0 Å². The Kier molecular flexibility index (Phi) is 6.05. The molecule has 8 nitrogen and oxygen atoms in total. The first-order valence-electron chi connectivity index (χ1n) is 5.91. The topological polar surface area (TPSA) is 133 Å². The Labute approximate surface area is 124 Å².